The molecular weight excluding hydrogens is 316 g/mol. The van der Waals surface area contributed by atoms with Crippen LogP contribution in [0.25, 0.3) is 11.0 Å². The highest BCUT2D eigenvalue weighted by Gasteiger charge is 2.25. The number of nitrogens with zero attached hydrogens (tertiary/aromatic N) is 1. The van der Waals surface area contributed by atoms with Crippen molar-refractivity contribution in [2.45, 2.75) is 13.8 Å². The van der Waals surface area contributed by atoms with E-state index in [1.807, 2.05) is 38.1 Å². The highest BCUT2D eigenvalue weighted by Crippen LogP contribution is 2.32. The molecule has 2 aromatic carbocycles. The van der Waals surface area contributed by atoms with E-state index in [0.29, 0.717) is 35.3 Å². The van der Waals surface area contributed by atoms with Crippen molar-refractivity contribution in [1.29, 1.82) is 0 Å². The molecule has 0 unspecified atom stereocenters. The lowest BCUT2D eigenvalue weighted by Crippen LogP contribution is -2.31. The fourth-order valence-electron chi connectivity index (χ4n) is 2.75. The predicted molar refractivity (Wildman–Crippen MR) is 97.9 cm³/mol. The second kappa shape index (κ2) is 7.21. The monoisotopic (exact) mass is 336 g/mol. The van der Waals surface area contributed by atoms with E-state index in [4.69, 9.17) is 4.42 Å². The van der Waals surface area contributed by atoms with E-state index in [1.165, 1.54) is 0 Å². The van der Waals surface area contributed by atoms with Crippen LogP contribution in [0, 0.1) is 0 Å². The lowest BCUT2D eigenvalue weighted by atomic mass is 10.1. The molecule has 0 fully saturated rings. The summed E-state index contributed by atoms with van der Waals surface area (Å²) in [7, 11) is 0. The van der Waals surface area contributed by atoms with Crippen LogP contribution in [0.2, 0.25) is 0 Å². The Morgan fingerprint density at radius 3 is 2.28 bits per heavy atom. The molecule has 2 amide bonds. The van der Waals surface area contributed by atoms with Crippen molar-refractivity contribution in [3.05, 3.63) is 65.9 Å². The Kier molecular flexibility index (Phi) is 4.84. The summed E-state index contributed by atoms with van der Waals surface area (Å²) in [6.45, 7) is 4.95. The maximum atomic E-state index is 12.8. The van der Waals surface area contributed by atoms with E-state index in [0.717, 1.165) is 0 Å². The van der Waals surface area contributed by atoms with Gasteiger partial charge in [0.1, 0.15) is 11.3 Å². The third kappa shape index (κ3) is 3.26. The zero-order valence-electron chi connectivity index (χ0n) is 14.3. The van der Waals surface area contributed by atoms with Crippen molar-refractivity contribution in [3.63, 3.8) is 0 Å². The smallest absolute Gasteiger partial charge is 0.291 e. The van der Waals surface area contributed by atoms with Gasteiger partial charge in [0.2, 0.25) is 5.76 Å². The van der Waals surface area contributed by atoms with Crippen molar-refractivity contribution in [1.82, 2.24) is 4.90 Å². The van der Waals surface area contributed by atoms with Crippen molar-refractivity contribution in [2.75, 3.05) is 18.4 Å². The fourth-order valence-corrected chi connectivity index (χ4v) is 2.75. The Morgan fingerprint density at radius 2 is 1.60 bits per heavy atom. The molecule has 25 heavy (non-hydrogen) atoms. The molecule has 128 valence electrons. The van der Waals surface area contributed by atoms with Crippen LogP contribution < -0.4 is 5.32 Å². The molecule has 0 aliphatic carbocycles. The number of fused-ring (bicyclic) bond motifs is 1. The van der Waals surface area contributed by atoms with Gasteiger partial charge in [0.05, 0.1) is 0 Å². The zero-order chi connectivity index (χ0) is 17.8. The Hall–Kier alpha value is -3.08. The van der Waals surface area contributed by atoms with Gasteiger partial charge in [-0.1, -0.05) is 30.3 Å². The number of benzene rings is 2. The van der Waals surface area contributed by atoms with E-state index in [2.05, 4.69) is 5.32 Å². The average molecular weight is 336 g/mol. The minimum atomic E-state index is -0.277. The molecule has 1 aromatic heterocycles. The van der Waals surface area contributed by atoms with Crippen LogP contribution >= 0.6 is 0 Å². The summed E-state index contributed by atoms with van der Waals surface area (Å²) in [5.74, 6) is -0.348. The van der Waals surface area contributed by atoms with Crippen LogP contribution in [-0.2, 0) is 0 Å². The van der Waals surface area contributed by atoms with Gasteiger partial charge in [-0.05, 0) is 38.1 Å². The molecule has 0 saturated heterocycles. The Bertz CT molecular complexity index is 896. The summed E-state index contributed by atoms with van der Waals surface area (Å²) >= 11 is 0. The third-order valence-corrected chi connectivity index (χ3v) is 4.11. The second-order valence-electron chi connectivity index (χ2n) is 5.60. The minimum absolute atomic E-state index is 0.161. The molecular formula is C20H20N2O3. The molecule has 0 atom stereocenters. The molecule has 0 aliphatic rings. The van der Waals surface area contributed by atoms with Gasteiger partial charge >= 0.3 is 0 Å². The molecule has 0 bridgehead atoms. The highest BCUT2D eigenvalue weighted by molar-refractivity contribution is 6.14. The maximum Gasteiger partial charge on any atom is 0.291 e. The largest absolute Gasteiger partial charge is 0.449 e. The molecule has 1 heterocycles. The first kappa shape index (κ1) is 16.8. The van der Waals surface area contributed by atoms with Crippen molar-refractivity contribution in [2.24, 2.45) is 0 Å². The topological polar surface area (TPSA) is 62.6 Å². The molecule has 1 N–H and O–H groups in total. The van der Waals surface area contributed by atoms with Crippen molar-refractivity contribution < 1.29 is 14.0 Å². The van der Waals surface area contributed by atoms with Gasteiger partial charge in [0.15, 0.2) is 0 Å². The number of para-hydroxylation sites is 1. The molecule has 3 aromatic rings. The third-order valence-electron chi connectivity index (χ3n) is 4.11. The lowest BCUT2D eigenvalue weighted by Gasteiger charge is -2.17. The number of hydrogen-bond donors (Lipinski definition) is 1. The summed E-state index contributed by atoms with van der Waals surface area (Å²) in [4.78, 5) is 27.0. The number of furan rings is 1. The van der Waals surface area contributed by atoms with Gasteiger partial charge in [-0.3, -0.25) is 9.59 Å². The van der Waals surface area contributed by atoms with Crippen LogP contribution in [0.15, 0.2) is 59.0 Å². The van der Waals surface area contributed by atoms with E-state index in [-0.39, 0.29) is 17.6 Å². The average Bonchev–Trinajstić information content (AvgIpc) is 3.02. The molecule has 0 aliphatic heterocycles. The molecule has 0 saturated carbocycles. The summed E-state index contributed by atoms with van der Waals surface area (Å²) in [5, 5.41) is 3.56. The van der Waals surface area contributed by atoms with E-state index < -0.39 is 0 Å². The van der Waals surface area contributed by atoms with Gasteiger partial charge in [0.25, 0.3) is 11.8 Å². The number of anilines is 1. The Balaban J connectivity index is 2.04. The van der Waals surface area contributed by atoms with Gasteiger partial charge in [-0.2, -0.15) is 0 Å². The molecule has 5 nitrogen and oxygen atoms in total. The first-order chi connectivity index (χ1) is 12.2. The molecule has 0 radical (unpaired) electrons. The summed E-state index contributed by atoms with van der Waals surface area (Å²) in [5.41, 5.74) is 1.51. The van der Waals surface area contributed by atoms with Crippen LogP contribution in [0.5, 0.6) is 0 Å². The standard InChI is InChI=1S/C20H20N2O3/c1-3-22(4-2)20(24)18-17(15-12-8-9-13-16(15)25-18)21-19(23)14-10-6-5-7-11-14/h5-13H,3-4H2,1-2H3,(H,21,23). The van der Waals surface area contributed by atoms with Gasteiger partial charge in [-0.15, -0.1) is 0 Å². The van der Waals surface area contributed by atoms with Crippen LogP contribution in [0.4, 0.5) is 5.69 Å². The fraction of sp³-hybridized carbons (Fsp3) is 0.200. The number of hydrogen-bond acceptors (Lipinski definition) is 3. The second-order valence-corrected chi connectivity index (χ2v) is 5.60. The van der Waals surface area contributed by atoms with E-state index >= 15 is 0 Å². The Labute approximate surface area is 146 Å². The summed E-state index contributed by atoms with van der Waals surface area (Å²) in [6, 6.07) is 16.2. The lowest BCUT2D eigenvalue weighted by molar-refractivity contribution is 0.0745. The van der Waals surface area contributed by atoms with Crippen LogP contribution in [0.1, 0.15) is 34.8 Å². The van der Waals surface area contributed by atoms with Gasteiger partial charge in [-0.25, -0.2) is 0 Å². The van der Waals surface area contributed by atoms with Crippen LogP contribution in [-0.4, -0.2) is 29.8 Å². The number of carbonyl (C=O) groups is 2. The van der Waals surface area contributed by atoms with Crippen molar-refractivity contribution >= 4 is 28.5 Å². The van der Waals surface area contributed by atoms with Gasteiger partial charge < -0.3 is 14.6 Å². The summed E-state index contributed by atoms with van der Waals surface area (Å²) in [6.07, 6.45) is 0. The number of carbonyl (C=O) groups excluding carboxylic acids is 2. The normalized spacial score (nSPS) is 10.6. The molecule has 3 rings (SSSR count). The quantitative estimate of drug-likeness (QED) is 0.761. The maximum absolute atomic E-state index is 12.8. The predicted octanol–water partition coefficient (Wildman–Crippen LogP) is 4.17. The SMILES string of the molecule is CCN(CC)C(=O)c1oc2ccccc2c1NC(=O)c1ccccc1. The number of amides is 2. The number of nitrogens with one attached hydrogen (secondary N) is 1. The zero-order valence-corrected chi connectivity index (χ0v) is 14.3. The van der Waals surface area contributed by atoms with Crippen molar-refractivity contribution in [3.8, 4) is 0 Å². The Morgan fingerprint density at radius 1 is 0.960 bits per heavy atom. The first-order valence-corrected chi connectivity index (χ1v) is 8.32. The molecule has 0 spiro atoms. The number of rotatable bonds is 5. The van der Waals surface area contributed by atoms with Crippen LogP contribution in [0.3, 0.4) is 0 Å². The minimum Gasteiger partial charge on any atom is -0.449 e. The molecule has 5 heteroatoms. The van der Waals surface area contributed by atoms with E-state index in [9.17, 15) is 9.59 Å². The summed E-state index contributed by atoms with van der Waals surface area (Å²) < 4.78 is 5.78. The highest BCUT2D eigenvalue weighted by atomic mass is 16.3. The van der Waals surface area contributed by atoms with Gasteiger partial charge in [0, 0.05) is 24.0 Å². The first-order valence-electron chi connectivity index (χ1n) is 8.32. The van der Waals surface area contributed by atoms with E-state index in [1.54, 1.807) is 35.2 Å².